The fourth-order valence-electron chi connectivity index (χ4n) is 2.21. The summed E-state index contributed by atoms with van der Waals surface area (Å²) in [4.78, 5) is 12.4. The van der Waals surface area contributed by atoms with Crippen molar-refractivity contribution in [2.45, 2.75) is 24.3 Å². The normalized spacial score (nSPS) is 12.3. The number of nitrogens with zero attached hydrogens (tertiary/aromatic N) is 3. The summed E-state index contributed by atoms with van der Waals surface area (Å²) in [6.07, 6.45) is 0. The molecule has 1 atom stereocenters. The van der Waals surface area contributed by atoms with Gasteiger partial charge in [-0.25, -0.2) is 4.68 Å². The summed E-state index contributed by atoms with van der Waals surface area (Å²) in [7, 11) is 0. The lowest BCUT2D eigenvalue weighted by atomic mass is 10.1. The van der Waals surface area contributed by atoms with Crippen molar-refractivity contribution in [2.24, 2.45) is 0 Å². The lowest BCUT2D eigenvalue weighted by Crippen LogP contribution is -2.23. The second-order valence-electron chi connectivity index (χ2n) is 5.18. The predicted molar refractivity (Wildman–Crippen MR) is 92.8 cm³/mol. The number of hydrogen-bond donors (Lipinski definition) is 2. The summed E-state index contributed by atoms with van der Waals surface area (Å²) in [6, 6.07) is 13.8. The molecule has 1 heterocycles. The number of carbonyl (C=O) groups excluding carboxylic acids is 1. The van der Waals surface area contributed by atoms with Gasteiger partial charge in [-0.05, 0) is 25.3 Å². The number of nitrogens with two attached hydrogens (primary N) is 1. The molecule has 0 aliphatic rings. The summed E-state index contributed by atoms with van der Waals surface area (Å²) >= 11 is 1.28. The molecule has 3 aromatic rings. The van der Waals surface area contributed by atoms with Gasteiger partial charge in [0.05, 0.1) is 5.25 Å². The predicted octanol–water partition coefficient (Wildman–Crippen LogP) is 2.57. The van der Waals surface area contributed by atoms with E-state index in [1.54, 1.807) is 6.92 Å². The molecule has 0 spiro atoms. The lowest BCUT2D eigenvalue weighted by Gasteiger charge is -2.13. The molecule has 2 aromatic carbocycles. The number of thioether (sulfide) groups is 1. The van der Waals surface area contributed by atoms with Crippen molar-refractivity contribution >= 4 is 34.1 Å². The van der Waals surface area contributed by atoms with E-state index in [1.807, 2.05) is 49.4 Å². The van der Waals surface area contributed by atoms with E-state index in [0.29, 0.717) is 11.0 Å². The maximum atomic E-state index is 12.4. The molecule has 0 radical (unpaired) electrons. The molecule has 0 aliphatic heterocycles. The maximum absolute atomic E-state index is 12.4. The third-order valence-corrected chi connectivity index (χ3v) is 4.59. The standard InChI is InChI=1S/C16H17N5OS/c1-10(23-16-20-19-11(2)21(16)17)15(22)18-14-9-5-7-12-6-3-4-8-13(12)14/h3-10H,17H2,1-2H3,(H,18,22). The van der Waals surface area contributed by atoms with Gasteiger partial charge in [0.25, 0.3) is 0 Å². The molecule has 0 fully saturated rings. The van der Waals surface area contributed by atoms with Crippen molar-refractivity contribution in [1.29, 1.82) is 0 Å². The number of fused-ring (bicyclic) bond motifs is 1. The van der Waals surface area contributed by atoms with Crippen LogP contribution in [0.2, 0.25) is 0 Å². The molecular formula is C16H17N5OS. The van der Waals surface area contributed by atoms with Gasteiger partial charge in [-0.15, -0.1) is 10.2 Å². The van der Waals surface area contributed by atoms with Crippen LogP contribution in [0.4, 0.5) is 5.69 Å². The van der Waals surface area contributed by atoms with Gasteiger partial charge in [0.2, 0.25) is 11.1 Å². The molecule has 7 heteroatoms. The number of anilines is 1. The van der Waals surface area contributed by atoms with Gasteiger partial charge in [0.1, 0.15) is 5.82 Å². The number of nitrogens with one attached hydrogen (secondary N) is 1. The minimum atomic E-state index is -0.347. The summed E-state index contributed by atoms with van der Waals surface area (Å²) in [5.41, 5.74) is 0.797. The Balaban J connectivity index is 1.76. The van der Waals surface area contributed by atoms with E-state index in [2.05, 4.69) is 15.5 Å². The van der Waals surface area contributed by atoms with E-state index >= 15 is 0 Å². The first kappa shape index (κ1) is 15.4. The van der Waals surface area contributed by atoms with Crippen molar-refractivity contribution in [1.82, 2.24) is 14.9 Å². The Hall–Kier alpha value is -2.54. The van der Waals surface area contributed by atoms with E-state index < -0.39 is 0 Å². The van der Waals surface area contributed by atoms with Crippen molar-refractivity contribution in [3.8, 4) is 0 Å². The van der Waals surface area contributed by atoms with Crippen LogP contribution in [0.15, 0.2) is 47.6 Å². The Kier molecular flexibility index (Phi) is 4.20. The number of carbonyl (C=O) groups is 1. The van der Waals surface area contributed by atoms with Crippen molar-refractivity contribution in [3.05, 3.63) is 48.3 Å². The van der Waals surface area contributed by atoms with E-state index in [1.165, 1.54) is 16.4 Å². The molecular weight excluding hydrogens is 310 g/mol. The molecule has 0 bridgehead atoms. The zero-order valence-electron chi connectivity index (χ0n) is 12.9. The highest BCUT2D eigenvalue weighted by Gasteiger charge is 2.19. The van der Waals surface area contributed by atoms with Crippen LogP contribution in [-0.2, 0) is 4.79 Å². The topological polar surface area (TPSA) is 85.8 Å². The van der Waals surface area contributed by atoms with Crippen LogP contribution in [0.1, 0.15) is 12.7 Å². The Labute approximate surface area is 138 Å². The van der Waals surface area contributed by atoms with E-state index in [9.17, 15) is 4.79 Å². The van der Waals surface area contributed by atoms with Crippen molar-refractivity contribution in [2.75, 3.05) is 11.2 Å². The van der Waals surface area contributed by atoms with Crippen LogP contribution in [0.5, 0.6) is 0 Å². The smallest absolute Gasteiger partial charge is 0.237 e. The van der Waals surface area contributed by atoms with Gasteiger partial charge in [-0.1, -0.05) is 48.2 Å². The third-order valence-electron chi connectivity index (χ3n) is 3.53. The quantitative estimate of drug-likeness (QED) is 0.568. The SMILES string of the molecule is Cc1nnc(SC(C)C(=O)Nc2cccc3ccccc23)n1N. The van der Waals surface area contributed by atoms with Gasteiger partial charge in [0, 0.05) is 11.1 Å². The largest absolute Gasteiger partial charge is 0.336 e. The molecule has 1 aromatic heterocycles. The molecule has 6 nitrogen and oxygen atoms in total. The summed E-state index contributed by atoms with van der Waals surface area (Å²) < 4.78 is 1.38. The first-order valence-electron chi connectivity index (χ1n) is 7.18. The first-order chi connectivity index (χ1) is 11.1. The zero-order valence-corrected chi connectivity index (χ0v) is 13.7. The van der Waals surface area contributed by atoms with Crippen molar-refractivity contribution < 1.29 is 4.79 Å². The average Bonchev–Trinajstić information content (AvgIpc) is 2.87. The Bertz CT molecular complexity index is 855. The second-order valence-corrected chi connectivity index (χ2v) is 6.48. The molecule has 118 valence electrons. The molecule has 1 unspecified atom stereocenters. The summed E-state index contributed by atoms with van der Waals surface area (Å²) in [5, 5.41) is 13.1. The number of aryl methyl sites for hydroxylation is 1. The van der Waals surface area contributed by atoms with Crippen LogP contribution < -0.4 is 11.2 Å². The molecule has 0 aliphatic carbocycles. The first-order valence-corrected chi connectivity index (χ1v) is 8.06. The van der Waals surface area contributed by atoms with Crippen LogP contribution in [0, 0.1) is 6.92 Å². The molecule has 0 saturated carbocycles. The minimum absolute atomic E-state index is 0.105. The monoisotopic (exact) mass is 327 g/mol. The molecule has 1 amide bonds. The molecule has 23 heavy (non-hydrogen) atoms. The van der Waals surface area contributed by atoms with Crippen LogP contribution in [0.3, 0.4) is 0 Å². The third kappa shape index (κ3) is 3.14. The average molecular weight is 327 g/mol. The van der Waals surface area contributed by atoms with E-state index in [0.717, 1.165) is 16.5 Å². The van der Waals surface area contributed by atoms with Crippen molar-refractivity contribution in [3.63, 3.8) is 0 Å². The zero-order chi connectivity index (χ0) is 16.4. The highest BCUT2D eigenvalue weighted by molar-refractivity contribution is 8.00. The lowest BCUT2D eigenvalue weighted by molar-refractivity contribution is -0.115. The fraction of sp³-hybridized carbons (Fsp3) is 0.188. The summed E-state index contributed by atoms with van der Waals surface area (Å²) in [5.74, 6) is 6.32. The van der Waals surface area contributed by atoms with Gasteiger partial charge in [0.15, 0.2) is 0 Å². The Morgan fingerprint density at radius 2 is 1.96 bits per heavy atom. The fourth-order valence-corrected chi connectivity index (χ4v) is 3.03. The highest BCUT2D eigenvalue weighted by Crippen LogP contribution is 2.25. The second kappa shape index (κ2) is 6.29. The number of rotatable bonds is 4. The van der Waals surface area contributed by atoms with Gasteiger partial charge < -0.3 is 11.2 Å². The van der Waals surface area contributed by atoms with Crippen LogP contribution in [-0.4, -0.2) is 26.0 Å². The Morgan fingerprint density at radius 3 is 2.70 bits per heavy atom. The number of benzene rings is 2. The number of aromatic nitrogens is 3. The molecule has 0 saturated heterocycles. The number of amides is 1. The van der Waals surface area contributed by atoms with Gasteiger partial charge >= 0.3 is 0 Å². The minimum Gasteiger partial charge on any atom is -0.336 e. The maximum Gasteiger partial charge on any atom is 0.237 e. The Morgan fingerprint density at radius 1 is 1.22 bits per heavy atom. The number of hydrogen-bond acceptors (Lipinski definition) is 5. The summed E-state index contributed by atoms with van der Waals surface area (Å²) in [6.45, 7) is 3.58. The molecule has 3 rings (SSSR count). The van der Waals surface area contributed by atoms with Gasteiger partial charge in [-0.2, -0.15) is 0 Å². The highest BCUT2D eigenvalue weighted by atomic mass is 32.2. The van der Waals surface area contributed by atoms with E-state index in [-0.39, 0.29) is 11.2 Å². The van der Waals surface area contributed by atoms with E-state index in [4.69, 9.17) is 5.84 Å². The molecule has 3 N–H and O–H groups in total. The van der Waals surface area contributed by atoms with Crippen LogP contribution >= 0.6 is 11.8 Å². The number of nitrogen functional groups attached to an aromatic ring is 1. The van der Waals surface area contributed by atoms with Gasteiger partial charge in [-0.3, -0.25) is 4.79 Å². The van der Waals surface area contributed by atoms with Crippen LogP contribution in [0.25, 0.3) is 10.8 Å².